The molecule has 0 amide bonds. The summed E-state index contributed by atoms with van der Waals surface area (Å²) in [6.45, 7) is 5.68. The number of aliphatic imine (C=N–C) groups is 1. The van der Waals surface area contributed by atoms with Crippen LogP contribution in [0.2, 0.25) is 0 Å². The minimum Gasteiger partial charge on any atom is -0.356 e. The first-order chi connectivity index (χ1) is 13.7. The first-order valence-electron chi connectivity index (χ1n) is 10.6. The Hall–Kier alpha value is -1.89. The molecule has 2 aromatic heterocycles. The number of thiophene rings is 1. The molecule has 0 bridgehead atoms. The molecule has 2 N–H and O–H groups in total. The number of aromatic nitrogens is 3. The average Bonchev–Trinajstić information content (AvgIpc) is 3.32. The fraction of sp³-hybridized carbons (Fsp3) is 0.667. The smallest absolute Gasteiger partial charge is 0.191 e. The van der Waals surface area contributed by atoms with Gasteiger partial charge in [-0.05, 0) is 56.4 Å². The lowest BCUT2D eigenvalue weighted by Gasteiger charge is -2.30. The van der Waals surface area contributed by atoms with Gasteiger partial charge in [0.15, 0.2) is 11.8 Å². The molecule has 0 atom stereocenters. The van der Waals surface area contributed by atoms with E-state index in [2.05, 4.69) is 45.3 Å². The van der Waals surface area contributed by atoms with E-state index in [4.69, 9.17) is 4.99 Å². The second-order valence-electron chi connectivity index (χ2n) is 7.79. The summed E-state index contributed by atoms with van der Waals surface area (Å²) in [7, 11) is 1.99. The molecule has 28 heavy (non-hydrogen) atoms. The predicted molar refractivity (Wildman–Crippen MR) is 117 cm³/mol. The molecule has 0 aromatic carbocycles. The van der Waals surface area contributed by atoms with Crippen molar-refractivity contribution in [3.05, 3.63) is 34.0 Å². The highest BCUT2D eigenvalue weighted by Crippen LogP contribution is 2.27. The van der Waals surface area contributed by atoms with E-state index >= 15 is 0 Å². The second kappa shape index (κ2) is 10.6. The van der Waals surface area contributed by atoms with Crippen LogP contribution in [0.4, 0.5) is 0 Å². The normalized spacial score (nSPS) is 20.3. The Labute approximate surface area is 172 Å². The number of hydrogen-bond acceptors (Lipinski definition) is 4. The maximum Gasteiger partial charge on any atom is 0.191 e. The molecule has 1 saturated carbocycles. The third-order valence-electron chi connectivity index (χ3n) is 5.69. The highest BCUT2D eigenvalue weighted by molar-refractivity contribution is 7.09. The highest BCUT2D eigenvalue weighted by Gasteiger charge is 2.21. The van der Waals surface area contributed by atoms with E-state index in [0.29, 0.717) is 12.6 Å². The van der Waals surface area contributed by atoms with Gasteiger partial charge < -0.3 is 15.2 Å². The van der Waals surface area contributed by atoms with Crippen LogP contribution in [0.15, 0.2) is 22.5 Å². The van der Waals surface area contributed by atoms with E-state index in [-0.39, 0.29) is 0 Å². The van der Waals surface area contributed by atoms with E-state index in [0.717, 1.165) is 36.5 Å². The fourth-order valence-electron chi connectivity index (χ4n) is 3.85. The van der Waals surface area contributed by atoms with Crippen LogP contribution in [0.1, 0.15) is 62.0 Å². The Morgan fingerprint density at radius 1 is 1.29 bits per heavy atom. The molecule has 0 aliphatic heterocycles. The number of aryl methyl sites for hydroxylation is 1. The minimum atomic E-state index is 0.516. The van der Waals surface area contributed by atoms with E-state index in [1.165, 1.54) is 43.4 Å². The average molecular weight is 403 g/mol. The number of rotatable bonds is 8. The Balaban J connectivity index is 1.57. The van der Waals surface area contributed by atoms with E-state index in [1.54, 1.807) is 0 Å². The summed E-state index contributed by atoms with van der Waals surface area (Å²) in [5.41, 5.74) is 0. The van der Waals surface area contributed by atoms with Crippen LogP contribution in [0.5, 0.6) is 0 Å². The van der Waals surface area contributed by atoms with Gasteiger partial charge in [-0.1, -0.05) is 25.8 Å². The lowest BCUT2D eigenvalue weighted by atomic mass is 9.83. The molecule has 1 aliphatic rings. The van der Waals surface area contributed by atoms with Crippen molar-refractivity contribution in [3.63, 3.8) is 0 Å². The molecular weight excluding hydrogens is 368 g/mol. The standard InChI is InChI=1S/C21H34N6S/c1-4-6-17-8-10-18(11-9-17)24-21(22-13-12-19-7-5-14-28-19)23-15-20-26-25-16(2)27(20)3/h5,7,14,17-18H,4,6,8-13,15H2,1-3H3,(H2,22,23,24). The maximum absolute atomic E-state index is 4.81. The van der Waals surface area contributed by atoms with Crippen molar-refractivity contribution in [2.45, 2.75) is 71.4 Å². The first kappa shape index (κ1) is 20.8. The molecule has 0 spiro atoms. The molecule has 0 radical (unpaired) electrons. The molecule has 1 fully saturated rings. The van der Waals surface area contributed by atoms with Crippen LogP contribution in [0.3, 0.4) is 0 Å². The van der Waals surface area contributed by atoms with Gasteiger partial charge in [0.2, 0.25) is 0 Å². The summed E-state index contributed by atoms with van der Waals surface area (Å²) in [6.07, 6.45) is 8.82. The van der Waals surface area contributed by atoms with Gasteiger partial charge in [-0.15, -0.1) is 21.5 Å². The van der Waals surface area contributed by atoms with Gasteiger partial charge in [0.05, 0.1) is 0 Å². The van der Waals surface area contributed by atoms with Crippen molar-refractivity contribution in [1.82, 2.24) is 25.4 Å². The van der Waals surface area contributed by atoms with Gasteiger partial charge in [0, 0.05) is 24.5 Å². The third kappa shape index (κ3) is 6.06. The Morgan fingerprint density at radius 3 is 2.75 bits per heavy atom. The zero-order valence-electron chi connectivity index (χ0n) is 17.4. The largest absolute Gasteiger partial charge is 0.356 e. The van der Waals surface area contributed by atoms with Crippen molar-refractivity contribution in [2.24, 2.45) is 18.0 Å². The molecule has 2 heterocycles. The lowest BCUT2D eigenvalue weighted by Crippen LogP contribution is -2.45. The van der Waals surface area contributed by atoms with Crippen LogP contribution in [0.25, 0.3) is 0 Å². The van der Waals surface area contributed by atoms with Crippen LogP contribution in [0, 0.1) is 12.8 Å². The summed E-state index contributed by atoms with van der Waals surface area (Å²) in [5.74, 6) is 3.62. The Bertz CT molecular complexity index is 728. The summed E-state index contributed by atoms with van der Waals surface area (Å²) in [5, 5.41) is 17.7. The van der Waals surface area contributed by atoms with Gasteiger partial charge in [-0.25, -0.2) is 4.99 Å². The molecule has 7 heteroatoms. The topological polar surface area (TPSA) is 67.1 Å². The van der Waals surface area contributed by atoms with Gasteiger partial charge in [0.1, 0.15) is 12.4 Å². The molecule has 0 saturated heterocycles. The minimum absolute atomic E-state index is 0.516. The SMILES string of the molecule is CCCC1CCC(NC(=NCc2nnc(C)n2C)NCCc2cccs2)CC1. The molecule has 3 rings (SSSR count). The predicted octanol–water partition coefficient (Wildman–Crippen LogP) is 3.82. The molecular formula is C21H34N6S. The van der Waals surface area contributed by atoms with Crippen LogP contribution >= 0.6 is 11.3 Å². The van der Waals surface area contributed by atoms with Crippen LogP contribution in [-0.4, -0.2) is 33.3 Å². The van der Waals surface area contributed by atoms with Crippen LogP contribution in [-0.2, 0) is 20.0 Å². The first-order valence-corrected chi connectivity index (χ1v) is 11.5. The van der Waals surface area contributed by atoms with E-state index < -0.39 is 0 Å². The van der Waals surface area contributed by atoms with Crippen molar-refractivity contribution >= 4 is 17.3 Å². The quantitative estimate of drug-likeness (QED) is 0.520. The number of hydrogen-bond donors (Lipinski definition) is 2. The molecule has 0 unspecified atom stereocenters. The number of guanidine groups is 1. The Morgan fingerprint density at radius 2 is 2.11 bits per heavy atom. The molecule has 6 nitrogen and oxygen atoms in total. The third-order valence-corrected chi connectivity index (χ3v) is 6.63. The van der Waals surface area contributed by atoms with Crippen molar-refractivity contribution in [1.29, 1.82) is 0 Å². The molecule has 2 aromatic rings. The maximum atomic E-state index is 4.81. The zero-order chi connectivity index (χ0) is 19.8. The number of nitrogens with one attached hydrogen (secondary N) is 2. The summed E-state index contributed by atoms with van der Waals surface area (Å²) >= 11 is 1.81. The second-order valence-corrected chi connectivity index (χ2v) is 8.83. The Kier molecular flexibility index (Phi) is 7.89. The van der Waals surface area contributed by atoms with Crippen LogP contribution < -0.4 is 10.6 Å². The summed E-state index contributed by atoms with van der Waals surface area (Å²) < 4.78 is 2.00. The summed E-state index contributed by atoms with van der Waals surface area (Å²) in [4.78, 5) is 6.21. The van der Waals surface area contributed by atoms with Gasteiger partial charge in [0.25, 0.3) is 0 Å². The fourth-order valence-corrected chi connectivity index (χ4v) is 4.56. The van der Waals surface area contributed by atoms with Gasteiger partial charge >= 0.3 is 0 Å². The number of nitrogens with zero attached hydrogens (tertiary/aromatic N) is 4. The van der Waals surface area contributed by atoms with Crippen molar-refractivity contribution in [2.75, 3.05) is 6.54 Å². The van der Waals surface area contributed by atoms with E-state index in [9.17, 15) is 0 Å². The zero-order valence-corrected chi connectivity index (χ0v) is 18.3. The van der Waals surface area contributed by atoms with Crippen molar-refractivity contribution < 1.29 is 0 Å². The van der Waals surface area contributed by atoms with Gasteiger partial charge in [-0.2, -0.15) is 0 Å². The lowest BCUT2D eigenvalue weighted by molar-refractivity contribution is 0.295. The monoisotopic (exact) mass is 402 g/mol. The highest BCUT2D eigenvalue weighted by atomic mass is 32.1. The van der Waals surface area contributed by atoms with E-state index in [1.807, 2.05) is 29.9 Å². The molecule has 1 aliphatic carbocycles. The summed E-state index contributed by atoms with van der Waals surface area (Å²) in [6, 6.07) is 4.81. The molecule has 154 valence electrons. The van der Waals surface area contributed by atoms with Gasteiger partial charge in [-0.3, -0.25) is 0 Å². The van der Waals surface area contributed by atoms with Crippen molar-refractivity contribution in [3.8, 4) is 0 Å².